The van der Waals surface area contributed by atoms with E-state index in [1.165, 1.54) is 0 Å². The molecule has 1 amide bonds. The molecule has 0 aliphatic carbocycles. The molecule has 0 bridgehead atoms. The summed E-state index contributed by atoms with van der Waals surface area (Å²) in [4.78, 5) is 19.4. The molecule has 26 heavy (non-hydrogen) atoms. The molecule has 1 N–H and O–H groups in total. The summed E-state index contributed by atoms with van der Waals surface area (Å²) < 4.78 is 16.1. The van der Waals surface area contributed by atoms with E-state index in [9.17, 15) is 9.35 Å². The van der Waals surface area contributed by atoms with Crippen LogP contribution in [0.1, 0.15) is 75.0 Å². The fourth-order valence-corrected chi connectivity index (χ4v) is 4.01. The van der Waals surface area contributed by atoms with E-state index >= 15 is 0 Å². The summed E-state index contributed by atoms with van der Waals surface area (Å²) in [6.45, 7) is 11.3. The molecular formula is C19H28N4O2S. The van der Waals surface area contributed by atoms with Gasteiger partial charge in [0.1, 0.15) is 21.9 Å². The predicted octanol–water partition coefficient (Wildman–Crippen LogP) is 2.95. The van der Waals surface area contributed by atoms with Gasteiger partial charge in [0.2, 0.25) is 0 Å². The van der Waals surface area contributed by atoms with E-state index in [1.54, 1.807) is 6.21 Å². The number of amides is 1. The van der Waals surface area contributed by atoms with Crippen molar-refractivity contribution in [3.8, 4) is 0 Å². The lowest BCUT2D eigenvalue weighted by Crippen LogP contribution is -2.28. The smallest absolute Gasteiger partial charge is 0.252 e. The zero-order chi connectivity index (χ0) is 19.1. The van der Waals surface area contributed by atoms with Crippen molar-refractivity contribution in [3.63, 3.8) is 0 Å². The Morgan fingerprint density at radius 2 is 2.23 bits per heavy atom. The van der Waals surface area contributed by atoms with Gasteiger partial charge in [0.25, 0.3) is 5.91 Å². The number of hydrogen-bond acceptors (Lipinski definition) is 5. The zero-order valence-corrected chi connectivity index (χ0v) is 17.0. The van der Waals surface area contributed by atoms with Gasteiger partial charge in [-0.3, -0.25) is 4.79 Å². The van der Waals surface area contributed by atoms with Crippen LogP contribution in [0.2, 0.25) is 0 Å². The molecule has 6 nitrogen and oxygen atoms in total. The number of nitrogens with zero attached hydrogens (tertiary/aromatic N) is 3. The summed E-state index contributed by atoms with van der Waals surface area (Å²) in [5.41, 5.74) is 2.50. The van der Waals surface area contributed by atoms with E-state index in [2.05, 4.69) is 21.5 Å². The highest BCUT2D eigenvalue weighted by Gasteiger charge is 2.30. The minimum Gasteiger partial charge on any atom is -0.591 e. The quantitative estimate of drug-likeness (QED) is 0.647. The third kappa shape index (κ3) is 3.74. The number of carbonyl (C=O) groups is 1. The van der Waals surface area contributed by atoms with Gasteiger partial charge in [-0.1, -0.05) is 11.3 Å². The van der Waals surface area contributed by atoms with E-state index in [0.29, 0.717) is 18.2 Å². The van der Waals surface area contributed by atoms with Crippen LogP contribution in [0.25, 0.3) is 0 Å². The fraction of sp³-hybridized carbons (Fsp3) is 0.632. The number of aromatic nitrogens is 1. The molecule has 0 spiro atoms. The van der Waals surface area contributed by atoms with Crippen molar-refractivity contribution in [1.29, 1.82) is 0 Å². The molecule has 2 aliphatic heterocycles. The first kappa shape index (κ1) is 19.2. The Bertz CT molecular complexity index is 729. The second-order valence-electron chi connectivity index (χ2n) is 8.16. The van der Waals surface area contributed by atoms with Gasteiger partial charge in [0.15, 0.2) is 0 Å². The molecule has 7 heteroatoms. The van der Waals surface area contributed by atoms with E-state index in [4.69, 9.17) is 4.98 Å². The molecule has 2 aliphatic rings. The molecule has 3 atom stereocenters. The van der Waals surface area contributed by atoms with Crippen LogP contribution in [0.15, 0.2) is 10.5 Å². The summed E-state index contributed by atoms with van der Waals surface area (Å²) in [6, 6.07) is 2.34. The lowest BCUT2D eigenvalue weighted by Gasteiger charge is -2.24. The molecule has 0 aromatic carbocycles. The van der Waals surface area contributed by atoms with Crippen LogP contribution >= 0.6 is 0 Å². The SMILES string of the molecule is CC(/C=N/[S@+]([O-])C(C)(C)C)c1nc(N2CCC[C@H]2C)cc2c1CNC2=O. The van der Waals surface area contributed by atoms with Gasteiger partial charge >= 0.3 is 0 Å². The Hall–Kier alpha value is -1.60. The van der Waals surface area contributed by atoms with Crippen LogP contribution < -0.4 is 10.2 Å². The van der Waals surface area contributed by atoms with Crippen LogP contribution in [-0.2, 0) is 17.9 Å². The average molecular weight is 377 g/mol. The number of hydrogen-bond donors (Lipinski definition) is 1. The average Bonchev–Trinajstić information content (AvgIpc) is 3.16. The summed E-state index contributed by atoms with van der Waals surface area (Å²) in [6.07, 6.45) is 3.99. The first-order valence-electron chi connectivity index (χ1n) is 9.23. The van der Waals surface area contributed by atoms with Gasteiger partial charge in [-0.05, 0) is 46.6 Å². The molecule has 3 rings (SSSR count). The third-order valence-corrected chi connectivity index (χ3v) is 6.36. The topological polar surface area (TPSA) is 80.7 Å². The highest BCUT2D eigenvalue weighted by molar-refractivity contribution is 7.91. The molecule has 1 aromatic rings. The number of carbonyl (C=O) groups excluding carboxylic acids is 1. The van der Waals surface area contributed by atoms with Crippen molar-refractivity contribution in [2.24, 2.45) is 4.40 Å². The standard InChI is InChI=1S/C19H28N4O2S/c1-12(10-21-26(25)19(3,4)5)17-15-11-20-18(24)14(15)9-16(22-17)23-8-6-7-13(23)2/h9-10,12-13H,6-8,11H2,1-5H3,(H,20,24)/b21-10+/t12?,13-,26-/m1/s1. The van der Waals surface area contributed by atoms with Crippen LogP contribution in [-0.4, -0.2) is 39.0 Å². The molecule has 1 saturated heterocycles. The van der Waals surface area contributed by atoms with Crippen LogP contribution in [0, 0.1) is 0 Å². The number of nitrogens with one attached hydrogen (secondary N) is 1. The second kappa shape index (κ2) is 7.19. The third-order valence-electron chi connectivity index (χ3n) is 5.00. The number of anilines is 1. The summed E-state index contributed by atoms with van der Waals surface area (Å²) in [7, 11) is 0. The molecule has 0 radical (unpaired) electrons. The number of rotatable bonds is 4. The monoisotopic (exact) mass is 376 g/mol. The van der Waals surface area contributed by atoms with E-state index in [0.717, 1.165) is 36.5 Å². The molecule has 1 aromatic heterocycles. The minimum absolute atomic E-state index is 0.0424. The normalized spacial score (nSPS) is 22.6. The van der Waals surface area contributed by atoms with Crippen LogP contribution in [0.5, 0.6) is 0 Å². The van der Waals surface area contributed by atoms with Crippen molar-refractivity contribution in [2.45, 2.75) is 70.7 Å². The first-order valence-corrected chi connectivity index (χ1v) is 10.3. The lowest BCUT2D eigenvalue weighted by molar-refractivity contribution is 0.0965. The number of fused-ring (bicyclic) bond motifs is 1. The number of pyridine rings is 1. The van der Waals surface area contributed by atoms with Gasteiger partial charge in [-0.25, -0.2) is 4.98 Å². The van der Waals surface area contributed by atoms with E-state index in [1.807, 2.05) is 33.8 Å². The Kier molecular flexibility index (Phi) is 5.30. The largest absolute Gasteiger partial charge is 0.591 e. The van der Waals surface area contributed by atoms with Gasteiger partial charge in [0, 0.05) is 36.2 Å². The molecule has 0 saturated carbocycles. The summed E-state index contributed by atoms with van der Waals surface area (Å²) >= 11 is -1.30. The summed E-state index contributed by atoms with van der Waals surface area (Å²) in [5.74, 6) is 0.706. The Morgan fingerprint density at radius 1 is 1.50 bits per heavy atom. The maximum absolute atomic E-state index is 12.2. The summed E-state index contributed by atoms with van der Waals surface area (Å²) in [5, 5.41) is 2.90. The Morgan fingerprint density at radius 3 is 2.85 bits per heavy atom. The second-order valence-corrected chi connectivity index (χ2v) is 10.1. The first-order chi connectivity index (χ1) is 12.2. The maximum Gasteiger partial charge on any atom is 0.252 e. The molecule has 1 unspecified atom stereocenters. The Balaban J connectivity index is 1.95. The minimum atomic E-state index is -1.30. The van der Waals surface area contributed by atoms with Crippen molar-refractivity contribution in [2.75, 3.05) is 11.4 Å². The van der Waals surface area contributed by atoms with Gasteiger partial charge in [0.05, 0.1) is 11.9 Å². The van der Waals surface area contributed by atoms with E-state index in [-0.39, 0.29) is 11.8 Å². The van der Waals surface area contributed by atoms with Crippen molar-refractivity contribution >= 4 is 29.3 Å². The predicted molar refractivity (Wildman–Crippen MR) is 106 cm³/mol. The van der Waals surface area contributed by atoms with Gasteiger partial charge in [-0.2, -0.15) is 0 Å². The molecular weight excluding hydrogens is 348 g/mol. The van der Waals surface area contributed by atoms with Crippen LogP contribution in [0.3, 0.4) is 0 Å². The maximum atomic E-state index is 12.2. The zero-order valence-electron chi connectivity index (χ0n) is 16.2. The fourth-order valence-electron chi connectivity index (χ4n) is 3.40. The van der Waals surface area contributed by atoms with E-state index < -0.39 is 16.1 Å². The van der Waals surface area contributed by atoms with Crippen molar-refractivity contribution in [1.82, 2.24) is 10.3 Å². The highest BCUT2D eigenvalue weighted by atomic mass is 32.2. The molecule has 1 fully saturated rings. The molecule has 142 valence electrons. The van der Waals surface area contributed by atoms with Crippen LogP contribution in [0.4, 0.5) is 5.82 Å². The Labute approximate surface area is 158 Å². The van der Waals surface area contributed by atoms with Crippen molar-refractivity contribution in [3.05, 3.63) is 22.9 Å². The van der Waals surface area contributed by atoms with Crippen molar-refractivity contribution < 1.29 is 9.35 Å². The highest BCUT2D eigenvalue weighted by Crippen LogP contribution is 2.31. The lowest BCUT2D eigenvalue weighted by atomic mass is 10.00. The molecule has 3 heterocycles. The van der Waals surface area contributed by atoms with Gasteiger partial charge < -0.3 is 14.8 Å². The van der Waals surface area contributed by atoms with Gasteiger partial charge in [-0.15, -0.1) is 0 Å².